The maximum absolute atomic E-state index is 12.5. The highest BCUT2D eigenvalue weighted by Crippen LogP contribution is 2.30. The van der Waals surface area contributed by atoms with E-state index in [0.29, 0.717) is 24.1 Å². The van der Waals surface area contributed by atoms with Gasteiger partial charge in [-0.15, -0.1) is 10.2 Å². The fourth-order valence-corrected chi connectivity index (χ4v) is 4.36. The summed E-state index contributed by atoms with van der Waals surface area (Å²) in [6.07, 6.45) is 0. The van der Waals surface area contributed by atoms with E-state index >= 15 is 0 Å². The van der Waals surface area contributed by atoms with Crippen LogP contribution in [0.25, 0.3) is 11.1 Å². The molecule has 0 radical (unpaired) electrons. The second-order valence-electron chi connectivity index (χ2n) is 7.90. The van der Waals surface area contributed by atoms with Crippen molar-refractivity contribution >= 4 is 23.4 Å². The number of aromatic nitrogens is 3. The zero-order chi connectivity index (χ0) is 24.5. The summed E-state index contributed by atoms with van der Waals surface area (Å²) in [4.78, 5) is 12.5. The highest BCUT2D eigenvalue weighted by molar-refractivity contribution is 7.99. The van der Waals surface area contributed by atoms with Gasteiger partial charge in [0.25, 0.3) is 0 Å². The third-order valence-corrected chi connectivity index (χ3v) is 6.24. The van der Waals surface area contributed by atoms with Gasteiger partial charge in [0.1, 0.15) is 12.4 Å². The number of carbonyl (C=O) groups excluding carboxylic acids is 1. The van der Waals surface area contributed by atoms with Crippen molar-refractivity contribution in [2.24, 2.45) is 0 Å². The molecule has 1 heterocycles. The summed E-state index contributed by atoms with van der Waals surface area (Å²) in [5.41, 5.74) is 3.97. The average Bonchev–Trinajstić information content (AvgIpc) is 3.27. The number of hydrogen-bond donors (Lipinski definition) is 1. The lowest BCUT2D eigenvalue weighted by Crippen LogP contribution is -2.16. The van der Waals surface area contributed by atoms with Gasteiger partial charge in [-0.1, -0.05) is 72.4 Å². The largest absolute Gasteiger partial charge is 0.485 e. The van der Waals surface area contributed by atoms with Crippen LogP contribution in [0.4, 0.5) is 5.69 Å². The van der Waals surface area contributed by atoms with Crippen molar-refractivity contribution in [1.82, 2.24) is 14.8 Å². The van der Waals surface area contributed by atoms with Crippen LogP contribution in [0.3, 0.4) is 0 Å². The Morgan fingerprint density at radius 1 is 1.00 bits per heavy atom. The Bertz CT molecular complexity index is 1260. The minimum absolute atomic E-state index is 0.100. The molecule has 1 aromatic heterocycles. The Morgan fingerprint density at radius 3 is 2.60 bits per heavy atom. The number of hydrogen-bond acceptors (Lipinski definition) is 6. The molecular formula is C27H28N4O3S. The predicted molar refractivity (Wildman–Crippen MR) is 139 cm³/mol. The van der Waals surface area contributed by atoms with Gasteiger partial charge >= 0.3 is 0 Å². The Labute approximate surface area is 209 Å². The summed E-state index contributed by atoms with van der Waals surface area (Å²) in [5, 5.41) is 12.2. The van der Waals surface area contributed by atoms with Gasteiger partial charge in [-0.2, -0.15) is 0 Å². The highest BCUT2D eigenvalue weighted by Gasteiger charge is 2.16. The second kappa shape index (κ2) is 12.2. The zero-order valence-electron chi connectivity index (χ0n) is 19.8. The fourth-order valence-electron chi connectivity index (χ4n) is 3.58. The van der Waals surface area contributed by atoms with Crippen molar-refractivity contribution in [2.45, 2.75) is 25.2 Å². The van der Waals surface area contributed by atoms with Crippen LogP contribution in [0.15, 0.2) is 84.0 Å². The molecule has 4 rings (SSSR count). The Balaban J connectivity index is 1.44. The summed E-state index contributed by atoms with van der Waals surface area (Å²) in [7, 11) is 1.65. The third-order valence-electron chi connectivity index (χ3n) is 5.28. The number of rotatable bonds is 11. The fraction of sp³-hybridized carbons (Fsp3) is 0.222. The van der Waals surface area contributed by atoms with Crippen LogP contribution < -0.4 is 10.1 Å². The molecule has 0 aliphatic carbocycles. The molecule has 8 heteroatoms. The van der Waals surface area contributed by atoms with E-state index in [-0.39, 0.29) is 18.3 Å². The molecule has 0 bridgehead atoms. The van der Waals surface area contributed by atoms with Gasteiger partial charge in [0.2, 0.25) is 5.91 Å². The third kappa shape index (κ3) is 6.71. The molecule has 3 aromatic carbocycles. The number of amides is 1. The Hall–Kier alpha value is -3.62. The van der Waals surface area contributed by atoms with Crippen molar-refractivity contribution in [2.75, 3.05) is 24.8 Å². The van der Waals surface area contributed by atoms with Crippen molar-refractivity contribution in [3.8, 4) is 16.9 Å². The number of thioether (sulfide) groups is 1. The molecule has 1 amide bonds. The van der Waals surface area contributed by atoms with Crippen molar-refractivity contribution < 1.29 is 14.3 Å². The lowest BCUT2D eigenvalue weighted by atomic mass is 10.1. The molecule has 0 aliphatic rings. The lowest BCUT2D eigenvalue weighted by Gasteiger charge is -2.13. The minimum atomic E-state index is -0.100. The highest BCUT2D eigenvalue weighted by atomic mass is 32.2. The second-order valence-corrected chi connectivity index (χ2v) is 8.84. The average molecular weight is 489 g/mol. The molecule has 0 fully saturated rings. The molecule has 7 nitrogen and oxygen atoms in total. The van der Waals surface area contributed by atoms with Gasteiger partial charge in [0.15, 0.2) is 11.0 Å². The molecule has 0 aliphatic heterocycles. The van der Waals surface area contributed by atoms with Gasteiger partial charge in [0, 0.05) is 24.9 Å². The number of benzene rings is 3. The van der Waals surface area contributed by atoms with Gasteiger partial charge in [-0.25, -0.2) is 0 Å². The molecule has 0 unspecified atom stereocenters. The van der Waals surface area contributed by atoms with Gasteiger partial charge in [-0.3, -0.25) is 4.79 Å². The summed E-state index contributed by atoms with van der Waals surface area (Å²) in [5.74, 6) is 1.56. The van der Waals surface area contributed by atoms with Crippen LogP contribution >= 0.6 is 11.8 Å². The molecule has 35 heavy (non-hydrogen) atoms. The molecule has 0 saturated carbocycles. The van der Waals surface area contributed by atoms with Crippen molar-refractivity contribution in [3.63, 3.8) is 0 Å². The minimum Gasteiger partial charge on any atom is -0.485 e. The van der Waals surface area contributed by atoms with Gasteiger partial charge in [-0.05, 0) is 36.2 Å². The SMILES string of the molecule is COCCn1c(COc2ccccc2-c2ccccc2)nnc1SCC(=O)Nc1cccc(C)c1. The smallest absolute Gasteiger partial charge is 0.234 e. The van der Waals surface area contributed by atoms with Crippen LogP contribution in [0.5, 0.6) is 5.75 Å². The van der Waals surface area contributed by atoms with E-state index in [4.69, 9.17) is 9.47 Å². The molecule has 180 valence electrons. The number of aryl methyl sites for hydroxylation is 1. The first-order valence-electron chi connectivity index (χ1n) is 11.3. The monoisotopic (exact) mass is 488 g/mol. The van der Waals surface area contributed by atoms with E-state index in [2.05, 4.69) is 27.6 Å². The Morgan fingerprint density at radius 2 is 1.80 bits per heavy atom. The Kier molecular flexibility index (Phi) is 8.53. The number of methoxy groups -OCH3 is 1. The van der Waals surface area contributed by atoms with E-state index in [1.165, 1.54) is 11.8 Å². The maximum atomic E-state index is 12.5. The number of ether oxygens (including phenoxy) is 2. The van der Waals surface area contributed by atoms with E-state index in [1.807, 2.05) is 78.2 Å². The van der Waals surface area contributed by atoms with E-state index in [9.17, 15) is 4.79 Å². The van der Waals surface area contributed by atoms with Crippen molar-refractivity contribution in [3.05, 3.63) is 90.3 Å². The number of nitrogens with one attached hydrogen (secondary N) is 1. The quantitative estimate of drug-likeness (QED) is 0.292. The molecular weight excluding hydrogens is 460 g/mol. The summed E-state index contributed by atoms with van der Waals surface area (Å²) in [6, 6.07) is 25.8. The van der Waals surface area contributed by atoms with E-state index < -0.39 is 0 Å². The molecule has 0 spiro atoms. The molecule has 1 N–H and O–H groups in total. The van der Waals surface area contributed by atoms with Gasteiger partial charge < -0.3 is 19.4 Å². The van der Waals surface area contributed by atoms with Crippen LogP contribution in [0, 0.1) is 6.92 Å². The molecule has 0 atom stereocenters. The summed E-state index contributed by atoms with van der Waals surface area (Å²) in [6.45, 7) is 3.29. The van der Waals surface area contributed by atoms with E-state index in [1.54, 1.807) is 7.11 Å². The normalized spacial score (nSPS) is 10.8. The summed E-state index contributed by atoms with van der Waals surface area (Å²) >= 11 is 1.34. The maximum Gasteiger partial charge on any atom is 0.234 e. The van der Waals surface area contributed by atoms with Crippen LogP contribution in [0.1, 0.15) is 11.4 Å². The number of carbonyl (C=O) groups is 1. The first-order valence-corrected chi connectivity index (χ1v) is 12.3. The molecule has 4 aromatic rings. The standard InChI is InChI=1S/C27H28N4O3S/c1-20-9-8-12-22(17-20)28-26(32)19-35-27-30-29-25(31(27)15-16-33-2)18-34-24-14-7-6-13-23(24)21-10-4-3-5-11-21/h3-14,17H,15-16,18-19H2,1-2H3,(H,28,32). The number of anilines is 1. The van der Waals surface area contributed by atoms with Gasteiger partial charge in [0.05, 0.1) is 12.4 Å². The topological polar surface area (TPSA) is 78.3 Å². The van der Waals surface area contributed by atoms with Crippen LogP contribution in [0.2, 0.25) is 0 Å². The zero-order valence-corrected chi connectivity index (χ0v) is 20.6. The molecule has 0 saturated heterocycles. The van der Waals surface area contributed by atoms with E-state index in [0.717, 1.165) is 28.1 Å². The first-order chi connectivity index (χ1) is 17.1. The summed E-state index contributed by atoms with van der Waals surface area (Å²) < 4.78 is 13.4. The number of para-hydroxylation sites is 1. The van der Waals surface area contributed by atoms with Crippen LogP contribution in [-0.2, 0) is 22.7 Å². The lowest BCUT2D eigenvalue weighted by molar-refractivity contribution is -0.113. The predicted octanol–water partition coefficient (Wildman–Crippen LogP) is 5.21. The van der Waals surface area contributed by atoms with Crippen LogP contribution in [-0.4, -0.2) is 40.1 Å². The number of nitrogens with zero attached hydrogens (tertiary/aromatic N) is 3. The first kappa shape index (κ1) is 24.5. The van der Waals surface area contributed by atoms with Crippen molar-refractivity contribution in [1.29, 1.82) is 0 Å².